The summed E-state index contributed by atoms with van der Waals surface area (Å²) in [6.45, 7) is 1.24. The third-order valence-electron chi connectivity index (χ3n) is 3.83. The van der Waals surface area contributed by atoms with Crippen LogP contribution in [0.1, 0.15) is 55.8 Å². The lowest BCUT2D eigenvalue weighted by atomic mass is 10.0. The van der Waals surface area contributed by atoms with Crippen molar-refractivity contribution < 1.29 is 5.11 Å². The zero-order valence-electron chi connectivity index (χ0n) is 10.1. The van der Waals surface area contributed by atoms with Crippen LogP contribution in [0.3, 0.4) is 0 Å². The summed E-state index contributed by atoms with van der Waals surface area (Å²) in [5, 5.41) is 17.4. The number of rotatable bonds is 2. The van der Waals surface area contributed by atoms with Crippen molar-refractivity contribution in [2.75, 3.05) is 13.2 Å². The van der Waals surface area contributed by atoms with Gasteiger partial charge in [-0.25, -0.2) is 9.67 Å². The van der Waals surface area contributed by atoms with E-state index in [4.69, 9.17) is 0 Å². The molecule has 3 heterocycles. The summed E-state index contributed by atoms with van der Waals surface area (Å²) in [5.41, 5.74) is 0. The van der Waals surface area contributed by atoms with Gasteiger partial charge in [0.25, 0.3) is 0 Å². The topological polar surface area (TPSA) is 63.0 Å². The maximum Gasteiger partial charge on any atom is 0.167 e. The van der Waals surface area contributed by atoms with Crippen molar-refractivity contribution in [3.63, 3.8) is 0 Å². The van der Waals surface area contributed by atoms with Crippen LogP contribution in [-0.4, -0.2) is 33.0 Å². The van der Waals surface area contributed by atoms with Crippen molar-refractivity contribution in [1.29, 1.82) is 0 Å². The quantitative estimate of drug-likeness (QED) is 0.803. The molecule has 0 radical (unpaired) electrons. The Morgan fingerprint density at radius 2 is 2.24 bits per heavy atom. The first kappa shape index (κ1) is 11.2. The molecule has 2 atom stereocenters. The van der Waals surface area contributed by atoms with Crippen molar-refractivity contribution in [1.82, 2.24) is 20.1 Å². The van der Waals surface area contributed by atoms with Crippen molar-refractivity contribution in [2.45, 2.75) is 50.6 Å². The molecule has 94 valence electrons. The van der Waals surface area contributed by atoms with Gasteiger partial charge in [0.1, 0.15) is 5.82 Å². The molecule has 2 N–H and O–H groups in total. The van der Waals surface area contributed by atoms with E-state index < -0.39 is 0 Å². The molecule has 0 spiro atoms. The Morgan fingerprint density at radius 1 is 1.29 bits per heavy atom. The number of hydrogen-bond acceptors (Lipinski definition) is 4. The zero-order chi connectivity index (χ0) is 11.7. The zero-order valence-corrected chi connectivity index (χ0v) is 10.1. The molecule has 2 aliphatic heterocycles. The van der Waals surface area contributed by atoms with Crippen LogP contribution >= 0.6 is 0 Å². The summed E-state index contributed by atoms with van der Waals surface area (Å²) in [6, 6.07) is 0.463. The molecule has 5 nitrogen and oxygen atoms in total. The largest absolute Gasteiger partial charge is 0.394 e. The van der Waals surface area contributed by atoms with Gasteiger partial charge in [-0.2, -0.15) is 5.10 Å². The van der Waals surface area contributed by atoms with Crippen LogP contribution in [0.4, 0.5) is 0 Å². The van der Waals surface area contributed by atoms with E-state index in [-0.39, 0.29) is 12.6 Å². The normalized spacial score (nSPS) is 29.0. The van der Waals surface area contributed by atoms with Gasteiger partial charge in [-0.15, -0.1) is 0 Å². The Morgan fingerprint density at radius 3 is 3.00 bits per heavy atom. The second kappa shape index (κ2) is 4.74. The number of nitrogens with zero attached hydrogens (tertiary/aromatic N) is 3. The third kappa shape index (κ3) is 2.09. The minimum Gasteiger partial charge on any atom is -0.394 e. The molecule has 0 amide bonds. The molecule has 17 heavy (non-hydrogen) atoms. The summed E-state index contributed by atoms with van der Waals surface area (Å²) in [7, 11) is 0. The van der Waals surface area contributed by atoms with Crippen molar-refractivity contribution in [2.24, 2.45) is 0 Å². The molecule has 1 saturated heterocycles. The van der Waals surface area contributed by atoms with E-state index in [9.17, 15) is 5.11 Å². The van der Waals surface area contributed by atoms with E-state index >= 15 is 0 Å². The van der Waals surface area contributed by atoms with Crippen molar-refractivity contribution >= 4 is 0 Å². The molecule has 2 aliphatic rings. The molecule has 0 bridgehead atoms. The molecule has 1 fully saturated rings. The highest BCUT2D eigenvalue weighted by Gasteiger charge is 2.26. The summed E-state index contributed by atoms with van der Waals surface area (Å²) >= 11 is 0. The molecule has 0 saturated carbocycles. The lowest BCUT2D eigenvalue weighted by Crippen LogP contribution is -2.28. The van der Waals surface area contributed by atoms with Gasteiger partial charge >= 0.3 is 0 Å². The number of fused-ring (bicyclic) bond motifs is 1. The molecule has 1 aromatic heterocycles. The first-order chi connectivity index (χ1) is 8.38. The Bertz CT molecular complexity index is 384. The Hall–Kier alpha value is -0.940. The number of hydrogen-bond donors (Lipinski definition) is 2. The first-order valence-corrected chi connectivity index (χ1v) is 6.68. The minimum absolute atomic E-state index is 0.142. The third-order valence-corrected chi connectivity index (χ3v) is 3.83. The molecule has 0 aliphatic carbocycles. The predicted octanol–water partition coefficient (Wildman–Crippen LogP) is 0.962. The predicted molar refractivity (Wildman–Crippen MR) is 63.7 cm³/mol. The van der Waals surface area contributed by atoms with Crippen LogP contribution in [0.5, 0.6) is 0 Å². The fourth-order valence-electron chi connectivity index (χ4n) is 2.84. The van der Waals surface area contributed by atoms with Gasteiger partial charge in [0.2, 0.25) is 0 Å². The van der Waals surface area contributed by atoms with E-state index in [1.165, 1.54) is 12.8 Å². The number of aryl methyl sites for hydroxylation is 1. The average molecular weight is 236 g/mol. The summed E-state index contributed by atoms with van der Waals surface area (Å²) in [6.07, 6.45) is 6.77. The van der Waals surface area contributed by atoms with E-state index in [1.54, 1.807) is 0 Å². The Labute approximate surface area is 101 Å². The van der Waals surface area contributed by atoms with Gasteiger partial charge in [-0.3, -0.25) is 0 Å². The highest BCUT2D eigenvalue weighted by atomic mass is 16.3. The van der Waals surface area contributed by atoms with E-state index in [1.807, 2.05) is 4.68 Å². The van der Waals surface area contributed by atoms with Crippen LogP contribution in [0.15, 0.2) is 0 Å². The number of piperidine rings is 1. The molecule has 0 aromatic carbocycles. The second-order valence-corrected chi connectivity index (χ2v) is 5.06. The minimum atomic E-state index is 0.142. The number of aliphatic hydroxyl groups excluding tert-OH is 1. The van der Waals surface area contributed by atoms with E-state index in [0.29, 0.717) is 6.04 Å². The summed E-state index contributed by atoms with van der Waals surface area (Å²) in [4.78, 5) is 4.65. The van der Waals surface area contributed by atoms with Gasteiger partial charge < -0.3 is 10.4 Å². The standard InChI is InChI=1S/C12H20N4O/c17-8-9-4-3-6-11-14-12(15-16(9)11)10-5-1-2-7-13-10/h9-10,13,17H,1-8H2. The Balaban J connectivity index is 1.84. The van der Waals surface area contributed by atoms with Gasteiger partial charge in [-0.05, 0) is 32.2 Å². The highest BCUT2D eigenvalue weighted by molar-refractivity contribution is 5.03. The van der Waals surface area contributed by atoms with Crippen LogP contribution in [0.25, 0.3) is 0 Å². The SMILES string of the molecule is OCC1CCCc2nc(C3CCCCN3)nn21. The first-order valence-electron chi connectivity index (χ1n) is 6.68. The molecular weight excluding hydrogens is 216 g/mol. The van der Waals surface area contributed by atoms with Crippen LogP contribution < -0.4 is 5.32 Å². The monoisotopic (exact) mass is 236 g/mol. The van der Waals surface area contributed by atoms with E-state index in [0.717, 1.165) is 43.9 Å². The maximum absolute atomic E-state index is 9.35. The number of nitrogens with one attached hydrogen (secondary N) is 1. The van der Waals surface area contributed by atoms with E-state index in [2.05, 4.69) is 15.4 Å². The second-order valence-electron chi connectivity index (χ2n) is 5.06. The summed E-state index contributed by atoms with van der Waals surface area (Å²) in [5.74, 6) is 1.98. The molecule has 3 rings (SSSR count). The smallest absolute Gasteiger partial charge is 0.167 e. The van der Waals surface area contributed by atoms with Crippen molar-refractivity contribution in [3.8, 4) is 0 Å². The van der Waals surface area contributed by atoms with Gasteiger partial charge in [0, 0.05) is 6.42 Å². The number of aromatic nitrogens is 3. The fraction of sp³-hybridized carbons (Fsp3) is 0.833. The van der Waals surface area contributed by atoms with Gasteiger partial charge in [0.15, 0.2) is 5.82 Å². The molecule has 5 heteroatoms. The summed E-state index contributed by atoms with van der Waals surface area (Å²) < 4.78 is 1.95. The lowest BCUT2D eigenvalue weighted by Gasteiger charge is -2.21. The average Bonchev–Trinajstić information content (AvgIpc) is 2.83. The lowest BCUT2D eigenvalue weighted by molar-refractivity contribution is 0.194. The number of aliphatic hydroxyl groups is 1. The van der Waals surface area contributed by atoms with Crippen LogP contribution in [0, 0.1) is 0 Å². The Kier molecular flexibility index (Phi) is 3.11. The molecule has 2 unspecified atom stereocenters. The van der Waals surface area contributed by atoms with Crippen LogP contribution in [0.2, 0.25) is 0 Å². The van der Waals surface area contributed by atoms with Crippen LogP contribution in [-0.2, 0) is 6.42 Å². The van der Waals surface area contributed by atoms with Crippen molar-refractivity contribution in [3.05, 3.63) is 11.6 Å². The molecular formula is C12H20N4O. The van der Waals surface area contributed by atoms with Gasteiger partial charge in [-0.1, -0.05) is 6.42 Å². The maximum atomic E-state index is 9.35. The molecule has 1 aromatic rings. The van der Waals surface area contributed by atoms with Gasteiger partial charge in [0.05, 0.1) is 18.7 Å². The fourth-order valence-corrected chi connectivity index (χ4v) is 2.84. The highest BCUT2D eigenvalue weighted by Crippen LogP contribution is 2.26.